The third kappa shape index (κ3) is 3.96. The topological polar surface area (TPSA) is 50.9 Å². The molecule has 0 saturated heterocycles. The molecule has 0 fully saturated rings. The zero-order valence-electron chi connectivity index (χ0n) is 11.7. The maximum Gasteiger partial charge on any atom is 0.0900 e. The quantitative estimate of drug-likeness (QED) is 0.661. The molecule has 0 aliphatic heterocycles. The largest absolute Gasteiger partial charge is 0.399 e. The van der Waals surface area contributed by atoms with E-state index in [2.05, 4.69) is 36.5 Å². The van der Waals surface area contributed by atoms with E-state index in [9.17, 15) is 0 Å². The number of aromatic nitrogens is 1. The van der Waals surface area contributed by atoms with Gasteiger partial charge in [0.1, 0.15) is 0 Å². The number of hydrogen-bond donors (Lipinski definition) is 2. The summed E-state index contributed by atoms with van der Waals surface area (Å²) in [5.74, 6) is 0. The van der Waals surface area contributed by atoms with Gasteiger partial charge in [-0.15, -0.1) is 11.3 Å². The highest BCUT2D eigenvalue weighted by molar-refractivity contribution is 7.97. The minimum absolute atomic E-state index is 0.0517. The van der Waals surface area contributed by atoms with Gasteiger partial charge in [0.05, 0.1) is 9.88 Å². The van der Waals surface area contributed by atoms with E-state index in [-0.39, 0.29) is 5.54 Å². The molecule has 3 N–H and O–H groups in total. The zero-order valence-corrected chi connectivity index (χ0v) is 13.3. The van der Waals surface area contributed by atoms with Crippen LogP contribution in [0.25, 0.3) is 10.4 Å². The lowest BCUT2D eigenvalue weighted by Crippen LogP contribution is -2.29. The summed E-state index contributed by atoms with van der Waals surface area (Å²) >= 11 is 3.32. The van der Waals surface area contributed by atoms with Gasteiger partial charge in [-0.25, -0.2) is 4.98 Å². The predicted molar refractivity (Wildman–Crippen MR) is 85.4 cm³/mol. The first kappa shape index (κ1) is 14.4. The summed E-state index contributed by atoms with van der Waals surface area (Å²) in [6, 6.07) is 6.01. The van der Waals surface area contributed by atoms with Gasteiger partial charge in [0.25, 0.3) is 0 Å². The molecule has 0 radical (unpaired) electrons. The second kappa shape index (κ2) is 5.53. The van der Waals surface area contributed by atoms with Crippen LogP contribution in [0.5, 0.6) is 0 Å². The second-order valence-electron chi connectivity index (χ2n) is 5.45. The van der Waals surface area contributed by atoms with Crippen LogP contribution in [0, 0.1) is 6.92 Å². The minimum Gasteiger partial charge on any atom is -0.399 e. The minimum atomic E-state index is 0.0517. The average molecular weight is 293 g/mol. The molecule has 0 spiro atoms. The van der Waals surface area contributed by atoms with E-state index in [1.54, 1.807) is 23.3 Å². The molecule has 19 heavy (non-hydrogen) atoms. The van der Waals surface area contributed by atoms with Crippen LogP contribution in [0.15, 0.2) is 29.3 Å². The third-order valence-electron chi connectivity index (χ3n) is 2.36. The first-order chi connectivity index (χ1) is 8.85. The molecule has 1 heterocycles. The van der Waals surface area contributed by atoms with Crippen molar-refractivity contribution in [1.82, 2.24) is 9.71 Å². The highest BCUT2D eigenvalue weighted by Gasteiger charge is 2.13. The lowest BCUT2D eigenvalue weighted by molar-refractivity contribution is 0.535. The van der Waals surface area contributed by atoms with Gasteiger partial charge in [0, 0.05) is 27.9 Å². The van der Waals surface area contributed by atoms with Gasteiger partial charge in [-0.3, -0.25) is 4.72 Å². The number of nitrogens with one attached hydrogen (secondary N) is 1. The summed E-state index contributed by atoms with van der Waals surface area (Å²) in [6.07, 6.45) is 1.92. The predicted octanol–water partition coefficient (Wildman–Crippen LogP) is 4.10. The van der Waals surface area contributed by atoms with E-state index in [0.29, 0.717) is 0 Å². The Hall–Kier alpha value is -1.04. The first-order valence-electron chi connectivity index (χ1n) is 6.11. The van der Waals surface area contributed by atoms with Crippen LogP contribution in [0.1, 0.15) is 25.8 Å². The maximum atomic E-state index is 5.90. The van der Waals surface area contributed by atoms with Crippen molar-refractivity contribution in [3.05, 3.63) is 29.4 Å². The molecule has 1 aromatic heterocycles. The molecule has 0 unspecified atom stereocenters. The molecule has 0 saturated carbocycles. The Labute approximate surface area is 122 Å². The van der Waals surface area contributed by atoms with Crippen molar-refractivity contribution >= 4 is 29.0 Å². The summed E-state index contributed by atoms with van der Waals surface area (Å²) < 4.78 is 3.43. The lowest BCUT2D eigenvalue weighted by Gasteiger charge is -2.20. The summed E-state index contributed by atoms with van der Waals surface area (Å²) in [7, 11) is 0. The van der Waals surface area contributed by atoms with Crippen molar-refractivity contribution in [2.75, 3.05) is 5.73 Å². The number of thiazole rings is 1. The van der Waals surface area contributed by atoms with Crippen molar-refractivity contribution in [3.63, 3.8) is 0 Å². The molecule has 5 heteroatoms. The summed E-state index contributed by atoms with van der Waals surface area (Å²) in [5, 5.41) is 1.08. The normalized spacial score (nSPS) is 11.8. The number of nitrogens with zero attached hydrogens (tertiary/aromatic N) is 1. The van der Waals surface area contributed by atoms with Gasteiger partial charge in [0.2, 0.25) is 0 Å². The van der Waals surface area contributed by atoms with Crippen LogP contribution in [-0.2, 0) is 0 Å². The number of nitrogen functional groups attached to an aromatic ring is 1. The molecular weight excluding hydrogens is 274 g/mol. The SMILES string of the molecule is Cc1ncc(-c2ccc(N)cc2SNC(C)(C)C)s1. The Bertz CT molecular complexity index is 570. The molecule has 2 rings (SSSR count). The van der Waals surface area contributed by atoms with Crippen LogP contribution in [0.2, 0.25) is 0 Å². The average Bonchev–Trinajstić information content (AvgIpc) is 2.72. The van der Waals surface area contributed by atoms with Crippen molar-refractivity contribution < 1.29 is 0 Å². The molecule has 0 aliphatic carbocycles. The number of rotatable bonds is 3. The highest BCUT2D eigenvalue weighted by atomic mass is 32.2. The van der Waals surface area contributed by atoms with E-state index in [0.717, 1.165) is 15.6 Å². The molecule has 3 nitrogen and oxygen atoms in total. The van der Waals surface area contributed by atoms with E-state index in [1.165, 1.54) is 10.4 Å². The summed E-state index contributed by atoms with van der Waals surface area (Å²) in [5.41, 5.74) is 7.91. The monoisotopic (exact) mass is 293 g/mol. The number of anilines is 1. The molecular formula is C14H19N3S2. The standard InChI is InChI=1S/C14H19N3S2/c1-9-16-8-13(18-9)11-6-5-10(15)7-12(11)19-17-14(2,3)4/h5-8,17H,15H2,1-4H3. The highest BCUT2D eigenvalue weighted by Crippen LogP contribution is 2.35. The Kier molecular flexibility index (Phi) is 4.18. The van der Waals surface area contributed by atoms with Crippen LogP contribution in [-0.4, -0.2) is 10.5 Å². The summed E-state index contributed by atoms with van der Waals surface area (Å²) in [4.78, 5) is 6.64. The Morgan fingerprint density at radius 1 is 1.32 bits per heavy atom. The second-order valence-corrected chi connectivity index (χ2v) is 7.54. The Morgan fingerprint density at radius 3 is 2.63 bits per heavy atom. The smallest absolute Gasteiger partial charge is 0.0900 e. The zero-order chi connectivity index (χ0) is 14.0. The van der Waals surface area contributed by atoms with Crippen LogP contribution in [0.4, 0.5) is 5.69 Å². The lowest BCUT2D eigenvalue weighted by atomic mass is 10.1. The van der Waals surface area contributed by atoms with Gasteiger partial charge in [-0.1, -0.05) is 6.07 Å². The van der Waals surface area contributed by atoms with E-state index in [1.807, 2.05) is 25.3 Å². The molecule has 0 atom stereocenters. The molecule has 0 bridgehead atoms. The van der Waals surface area contributed by atoms with E-state index in [4.69, 9.17) is 5.73 Å². The number of benzene rings is 1. The van der Waals surface area contributed by atoms with Gasteiger partial charge >= 0.3 is 0 Å². The van der Waals surface area contributed by atoms with Gasteiger partial charge in [-0.05, 0) is 51.8 Å². The molecule has 1 aromatic carbocycles. The third-order valence-corrected chi connectivity index (χ3v) is 4.58. The summed E-state index contributed by atoms with van der Waals surface area (Å²) in [6.45, 7) is 8.44. The molecule has 0 amide bonds. The van der Waals surface area contributed by atoms with E-state index >= 15 is 0 Å². The van der Waals surface area contributed by atoms with Crippen molar-refractivity contribution in [1.29, 1.82) is 0 Å². The Morgan fingerprint density at radius 2 is 2.05 bits per heavy atom. The Balaban J connectivity index is 2.33. The molecule has 102 valence electrons. The number of nitrogens with two attached hydrogens (primary N) is 1. The van der Waals surface area contributed by atoms with Crippen molar-refractivity contribution in [3.8, 4) is 10.4 Å². The van der Waals surface area contributed by atoms with Crippen LogP contribution >= 0.6 is 23.3 Å². The first-order valence-corrected chi connectivity index (χ1v) is 7.75. The van der Waals surface area contributed by atoms with Crippen molar-refractivity contribution in [2.45, 2.75) is 38.1 Å². The molecule has 0 aliphatic rings. The fourth-order valence-corrected chi connectivity index (χ4v) is 3.30. The fourth-order valence-electron chi connectivity index (χ4n) is 1.52. The number of hydrogen-bond acceptors (Lipinski definition) is 5. The maximum absolute atomic E-state index is 5.90. The fraction of sp³-hybridized carbons (Fsp3) is 0.357. The van der Waals surface area contributed by atoms with Gasteiger partial charge < -0.3 is 5.73 Å². The van der Waals surface area contributed by atoms with Crippen LogP contribution < -0.4 is 10.5 Å². The van der Waals surface area contributed by atoms with Gasteiger partial charge in [0.15, 0.2) is 0 Å². The van der Waals surface area contributed by atoms with Gasteiger partial charge in [-0.2, -0.15) is 0 Å². The number of aryl methyl sites for hydroxylation is 1. The molecule has 2 aromatic rings. The van der Waals surface area contributed by atoms with Crippen molar-refractivity contribution in [2.24, 2.45) is 0 Å². The van der Waals surface area contributed by atoms with Crippen LogP contribution in [0.3, 0.4) is 0 Å². The van der Waals surface area contributed by atoms with E-state index < -0.39 is 0 Å².